The minimum Gasteiger partial charge on any atom is -0.493 e. The van der Waals surface area contributed by atoms with Crippen LogP contribution in [0.25, 0.3) is 0 Å². The van der Waals surface area contributed by atoms with Gasteiger partial charge in [0.1, 0.15) is 0 Å². The third-order valence-electron chi connectivity index (χ3n) is 5.15. The second-order valence-electron chi connectivity index (χ2n) is 6.59. The van der Waals surface area contributed by atoms with Crippen molar-refractivity contribution in [2.75, 3.05) is 52.0 Å². The van der Waals surface area contributed by atoms with Gasteiger partial charge in [0, 0.05) is 43.8 Å². The Labute approximate surface area is 149 Å². The maximum atomic E-state index is 12.2. The Bertz CT molecular complexity index is 709. The number of sulfone groups is 1. The van der Waals surface area contributed by atoms with E-state index in [-0.39, 0.29) is 30.2 Å². The first-order valence-electron chi connectivity index (χ1n) is 8.48. The molecule has 0 unspecified atom stereocenters. The number of fused-ring (bicyclic) bond motifs is 1. The number of piperazine rings is 1. The summed E-state index contributed by atoms with van der Waals surface area (Å²) in [5.74, 6) is 1.71. The van der Waals surface area contributed by atoms with Crippen molar-refractivity contribution >= 4 is 9.84 Å². The summed E-state index contributed by atoms with van der Waals surface area (Å²) in [6.45, 7) is 2.70. The van der Waals surface area contributed by atoms with Gasteiger partial charge in [0.05, 0.1) is 32.3 Å². The smallest absolute Gasteiger partial charge is 0.165 e. The molecule has 2 aliphatic heterocycles. The monoisotopic (exact) mass is 370 g/mol. The highest BCUT2D eigenvalue weighted by Gasteiger charge is 2.46. The van der Waals surface area contributed by atoms with E-state index in [9.17, 15) is 13.5 Å². The molecule has 2 saturated heterocycles. The molecular weight excluding hydrogens is 344 g/mol. The van der Waals surface area contributed by atoms with Gasteiger partial charge in [-0.25, -0.2) is 8.42 Å². The predicted octanol–water partition coefficient (Wildman–Crippen LogP) is -0.0207. The molecule has 0 aliphatic carbocycles. The molecule has 140 valence electrons. The summed E-state index contributed by atoms with van der Waals surface area (Å²) in [4.78, 5) is 4.33. The fourth-order valence-corrected chi connectivity index (χ4v) is 6.04. The molecule has 8 heteroatoms. The third kappa shape index (κ3) is 3.76. The topological polar surface area (TPSA) is 79.3 Å². The van der Waals surface area contributed by atoms with Gasteiger partial charge in [-0.05, 0) is 6.07 Å². The first kappa shape index (κ1) is 18.4. The number of hydrogen-bond donors (Lipinski definition) is 1. The minimum absolute atomic E-state index is 0.0486. The van der Waals surface area contributed by atoms with Gasteiger partial charge in [0.15, 0.2) is 21.3 Å². The highest BCUT2D eigenvalue weighted by molar-refractivity contribution is 7.91. The molecule has 2 fully saturated rings. The Kier molecular flexibility index (Phi) is 5.52. The van der Waals surface area contributed by atoms with Crippen LogP contribution in [0.3, 0.4) is 0 Å². The van der Waals surface area contributed by atoms with Gasteiger partial charge in [-0.1, -0.05) is 12.1 Å². The van der Waals surface area contributed by atoms with E-state index in [0.29, 0.717) is 24.6 Å². The molecule has 25 heavy (non-hydrogen) atoms. The van der Waals surface area contributed by atoms with Crippen LogP contribution in [0.15, 0.2) is 18.2 Å². The van der Waals surface area contributed by atoms with E-state index in [1.165, 1.54) is 0 Å². The second-order valence-corrected chi connectivity index (χ2v) is 8.75. The van der Waals surface area contributed by atoms with Gasteiger partial charge in [-0.15, -0.1) is 0 Å². The summed E-state index contributed by atoms with van der Waals surface area (Å²) >= 11 is 0. The Hall–Kier alpha value is -1.35. The van der Waals surface area contributed by atoms with Crippen LogP contribution < -0.4 is 9.47 Å². The largest absolute Gasteiger partial charge is 0.493 e. The highest BCUT2D eigenvalue weighted by atomic mass is 32.2. The lowest BCUT2D eigenvalue weighted by Gasteiger charge is -2.43. The summed E-state index contributed by atoms with van der Waals surface area (Å²) in [6, 6.07) is 5.65. The Balaban J connectivity index is 1.84. The summed E-state index contributed by atoms with van der Waals surface area (Å²) in [7, 11) is 0.166. The lowest BCUT2D eigenvalue weighted by molar-refractivity contribution is 0.0304. The molecule has 0 aromatic heterocycles. The van der Waals surface area contributed by atoms with E-state index >= 15 is 0 Å². The normalized spacial score (nSPS) is 26.4. The molecule has 0 bridgehead atoms. The number of rotatable bonds is 6. The van der Waals surface area contributed by atoms with Crippen LogP contribution in [0, 0.1) is 0 Å². The number of para-hydroxylation sites is 1. The second kappa shape index (κ2) is 7.49. The SMILES string of the molecule is COc1cccc(CN2CCN(CCO)[C@@H]3CS(=O)(=O)C[C@@H]32)c1OC. The maximum Gasteiger partial charge on any atom is 0.165 e. The molecule has 2 aliphatic rings. The molecule has 0 amide bonds. The molecule has 0 radical (unpaired) electrons. The number of aliphatic hydroxyl groups excluding tert-OH is 1. The molecule has 1 N–H and O–H groups in total. The minimum atomic E-state index is -3.05. The summed E-state index contributed by atoms with van der Waals surface area (Å²) in [5, 5.41) is 9.26. The number of nitrogens with zero attached hydrogens (tertiary/aromatic N) is 2. The number of hydrogen-bond acceptors (Lipinski definition) is 7. The number of ether oxygens (including phenoxy) is 2. The number of aliphatic hydroxyl groups is 1. The summed E-state index contributed by atoms with van der Waals surface area (Å²) in [5.41, 5.74) is 0.987. The molecule has 1 aromatic carbocycles. The van der Waals surface area contributed by atoms with Crippen LogP contribution in [0.5, 0.6) is 11.5 Å². The Morgan fingerprint density at radius 1 is 1.12 bits per heavy atom. The van der Waals surface area contributed by atoms with Gasteiger partial charge in [0.2, 0.25) is 0 Å². The van der Waals surface area contributed by atoms with Crippen molar-refractivity contribution in [3.63, 3.8) is 0 Å². The van der Waals surface area contributed by atoms with Crippen LogP contribution in [0.2, 0.25) is 0 Å². The van der Waals surface area contributed by atoms with E-state index in [1.54, 1.807) is 14.2 Å². The fourth-order valence-electron chi connectivity index (χ4n) is 4.00. The van der Waals surface area contributed by atoms with Crippen molar-refractivity contribution in [1.82, 2.24) is 9.80 Å². The van der Waals surface area contributed by atoms with Gasteiger partial charge in [-0.2, -0.15) is 0 Å². The van der Waals surface area contributed by atoms with Crippen molar-refractivity contribution in [1.29, 1.82) is 0 Å². The average Bonchev–Trinajstić information content (AvgIpc) is 2.92. The summed E-state index contributed by atoms with van der Waals surface area (Å²) in [6.07, 6.45) is 0. The van der Waals surface area contributed by atoms with Crippen LogP contribution in [0.1, 0.15) is 5.56 Å². The Morgan fingerprint density at radius 3 is 2.44 bits per heavy atom. The quantitative estimate of drug-likeness (QED) is 0.754. The molecule has 2 heterocycles. The molecule has 1 aromatic rings. The van der Waals surface area contributed by atoms with Crippen molar-refractivity contribution in [3.8, 4) is 11.5 Å². The van der Waals surface area contributed by atoms with E-state index in [4.69, 9.17) is 9.47 Å². The van der Waals surface area contributed by atoms with Gasteiger partial charge >= 0.3 is 0 Å². The van der Waals surface area contributed by atoms with Gasteiger partial charge < -0.3 is 14.6 Å². The number of benzene rings is 1. The van der Waals surface area contributed by atoms with Gasteiger partial charge in [0.25, 0.3) is 0 Å². The first-order chi connectivity index (χ1) is 12.0. The standard InChI is InChI=1S/C17H26N2O5S/c1-23-16-5-3-4-13(17(16)24-2)10-19-7-6-18(8-9-20)14-11-25(21,22)12-15(14)19/h3-5,14-15,20H,6-12H2,1-2H3/t14-,15+/m1/s1. The zero-order chi connectivity index (χ0) is 18.0. The van der Waals surface area contributed by atoms with Crippen LogP contribution in [-0.2, 0) is 16.4 Å². The molecule has 3 rings (SSSR count). The van der Waals surface area contributed by atoms with Crippen molar-refractivity contribution < 1.29 is 23.0 Å². The molecule has 2 atom stereocenters. The van der Waals surface area contributed by atoms with E-state index in [0.717, 1.165) is 18.7 Å². The molecule has 0 saturated carbocycles. The summed E-state index contributed by atoms with van der Waals surface area (Å²) < 4.78 is 35.3. The zero-order valence-electron chi connectivity index (χ0n) is 14.7. The van der Waals surface area contributed by atoms with Crippen LogP contribution in [-0.4, -0.2) is 87.4 Å². The number of β-amino-alcohol motifs (C(OH)–C–C–N with tert-alkyl or cyclic N) is 1. The predicted molar refractivity (Wildman–Crippen MR) is 94.8 cm³/mol. The van der Waals surface area contributed by atoms with E-state index in [2.05, 4.69) is 9.80 Å². The lowest BCUT2D eigenvalue weighted by atomic mass is 10.0. The fraction of sp³-hybridized carbons (Fsp3) is 0.647. The highest BCUT2D eigenvalue weighted by Crippen LogP contribution is 2.34. The van der Waals surface area contributed by atoms with Crippen LogP contribution in [0.4, 0.5) is 0 Å². The van der Waals surface area contributed by atoms with Gasteiger partial charge in [-0.3, -0.25) is 9.80 Å². The average molecular weight is 370 g/mol. The van der Waals surface area contributed by atoms with E-state index in [1.807, 2.05) is 18.2 Å². The van der Waals surface area contributed by atoms with E-state index < -0.39 is 9.84 Å². The molecular formula is C17H26N2O5S. The third-order valence-corrected chi connectivity index (χ3v) is 6.85. The van der Waals surface area contributed by atoms with Crippen molar-refractivity contribution in [2.24, 2.45) is 0 Å². The first-order valence-corrected chi connectivity index (χ1v) is 10.3. The van der Waals surface area contributed by atoms with Crippen LogP contribution >= 0.6 is 0 Å². The maximum absolute atomic E-state index is 12.2. The van der Waals surface area contributed by atoms with Crippen molar-refractivity contribution in [2.45, 2.75) is 18.6 Å². The Morgan fingerprint density at radius 2 is 1.80 bits per heavy atom. The van der Waals surface area contributed by atoms with Crippen molar-refractivity contribution in [3.05, 3.63) is 23.8 Å². The molecule has 7 nitrogen and oxygen atoms in total. The molecule has 0 spiro atoms. The lowest BCUT2D eigenvalue weighted by Crippen LogP contribution is -2.59. The zero-order valence-corrected chi connectivity index (χ0v) is 15.5. The number of methoxy groups -OCH3 is 2.